The van der Waals surface area contributed by atoms with E-state index in [0.29, 0.717) is 15.6 Å². The molecular formula is C16H17FN4O3S. The molecule has 9 heteroatoms. The highest BCUT2D eigenvalue weighted by Crippen LogP contribution is 2.35. The lowest BCUT2D eigenvalue weighted by Gasteiger charge is -2.19. The molecule has 1 aliphatic heterocycles. The number of anilines is 1. The van der Waals surface area contributed by atoms with Crippen LogP contribution in [0.4, 0.5) is 9.52 Å². The van der Waals surface area contributed by atoms with Gasteiger partial charge in [0.15, 0.2) is 5.13 Å². The number of amides is 2. The van der Waals surface area contributed by atoms with E-state index in [1.807, 2.05) is 0 Å². The number of thiazole rings is 1. The highest BCUT2D eigenvalue weighted by molar-refractivity contribution is 7.19. The fourth-order valence-corrected chi connectivity index (χ4v) is 3.50. The van der Waals surface area contributed by atoms with Crippen molar-refractivity contribution < 1.29 is 18.7 Å². The first kappa shape index (κ1) is 17.3. The molecule has 2 heterocycles. The van der Waals surface area contributed by atoms with Crippen molar-refractivity contribution in [2.24, 2.45) is 5.73 Å². The highest BCUT2D eigenvalue weighted by atomic mass is 32.1. The maximum absolute atomic E-state index is 13.6. The summed E-state index contributed by atoms with van der Waals surface area (Å²) in [7, 11) is 3.60. The average Bonchev–Trinajstić information content (AvgIpc) is 3.21. The van der Waals surface area contributed by atoms with Crippen LogP contribution >= 0.6 is 11.3 Å². The smallest absolute Gasteiger partial charge is 0.276 e. The zero-order valence-electron chi connectivity index (χ0n) is 13.7. The molecule has 132 valence electrons. The molecule has 0 spiro atoms. The van der Waals surface area contributed by atoms with Crippen LogP contribution in [-0.4, -0.2) is 55.2 Å². The van der Waals surface area contributed by atoms with Crippen LogP contribution in [0.1, 0.15) is 10.5 Å². The normalized spacial score (nSPS) is 16.9. The van der Waals surface area contributed by atoms with E-state index in [4.69, 9.17) is 10.5 Å². The van der Waals surface area contributed by atoms with Gasteiger partial charge < -0.3 is 20.3 Å². The number of carbonyl (C=O) groups excluding carboxylic acids is 2. The standard InChI is InChI=1S/C16H17FN4O3S/c1-20(2)16-19-11(12(25-16)9-4-3-5-10(17)8-9)14(23)21-6-7-24-15(21)13(18)22/h3-5,8,15H,6-7H2,1-2H3,(H2,18,22). The lowest BCUT2D eigenvalue weighted by Crippen LogP contribution is -2.44. The van der Waals surface area contributed by atoms with E-state index < -0.39 is 23.9 Å². The van der Waals surface area contributed by atoms with Crippen molar-refractivity contribution >= 4 is 28.3 Å². The number of benzene rings is 1. The third-order valence-electron chi connectivity index (χ3n) is 3.68. The van der Waals surface area contributed by atoms with Gasteiger partial charge in [-0.25, -0.2) is 9.37 Å². The molecule has 1 atom stereocenters. The number of rotatable bonds is 4. The van der Waals surface area contributed by atoms with Crippen molar-refractivity contribution in [3.63, 3.8) is 0 Å². The fourth-order valence-electron chi connectivity index (χ4n) is 2.52. The third-order valence-corrected chi connectivity index (χ3v) is 4.96. The van der Waals surface area contributed by atoms with E-state index in [1.165, 1.54) is 28.4 Å². The summed E-state index contributed by atoms with van der Waals surface area (Å²) in [5.41, 5.74) is 5.99. The van der Waals surface area contributed by atoms with Crippen LogP contribution in [0.25, 0.3) is 10.4 Å². The fraction of sp³-hybridized carbons (Fsp3) is 0.312. The lowest BCUT2D eigenvalue weighted by molar-refractivity contribution is -0.131. The van der Waals surface area contributed by atoms with Crippen LogP contribution in [0, 0.1) is 5.82 Å². The number of nitrogens with two attached hydrogens (primary N) is 1. The van der Waals surface area contributed by atoms with Crippen molar-refractivity contribution in [3.8, 4) is 10.4 Å². The van der Waals surface area contributed by atoms with Gasteiger partial charge in [0, 0.05) is 20.6 Å². The Morgan fingerprint density at radius 3 is 2.84 bits per heavy atom. The number of halogens is 1. The summed E-state index contributed by atoms with van der Waals surface area (Å²) in [5.74, 6) is -1.61. The van der Waals surface area contributed by atoms with Gasteiger partial charge in [0.2, 0.25) is 6.23 Å². The molecule has 1 unspecified atom stereocenters. The Bertz CT molecular complexity index is 823. The van der Waals surface area contributed by atoms with Gasteiger partial charge >= 0.3 is 0 Å². The second kappa shape index (κ2) is 6.77. The zero-order valence-corrected chi connectivity index (χ0v) is 14.5. The molecule has 2 aromatic rings. The molecule has 25 heavy (non-hydrogen) atoms. The maximum Gasteiger partial charge on any atom is 0.276 e. The number of hydrogen-bond donors (Lipinski definition) is 1. The molecule has 0 radical (unpaired) electrons. The predicted molar refractivity (Wildman–Crippen MR) is 91.8 cm³/mol. The van der Waals surface area contributed by atoms with Gasteiger partial charge in [0.1, 0.15) is 11.5 Å². The minimum atomic E-state index is -1.11. The molecule has 7 nitrogen and oxygen atoms in total. The summed E-state index contributed by atoms with van der Waals surface area (Å²) in [6, 6.07) is 5.95. The van der Waals surface area contributed by atoms with E-state index in [-0.39, 0.29) is 18.8 Å². The molecule has 1 fully saturated rings. The quantitative estimate of drug-likeness (QED) is 0.883. The summed E-state index contributed by atoms with van der Waals surface area (Å²) in [6.07, 6.45) is -1.11. The minimum Gasteiger partial charge on any atom is -0.366 e. The molecule has 0 saturated carbocycles. The summed E-state index contributed by atoms with van der Waals surface area (Å²) < 4.78 is 18.8. The lowest BCUT2D eigenvalue weighted by atomic mass is 10.1. The Kier molecular flexibility index (Phi) is 4.69. The molecule has 2 amide bonds. The topological polar surface area (TPSA) is 88.8 Å². The van der Waals surface area contributed by atoms with Crippen molar-refractivity contribution in [2.75, 3.05) is 32.1 Å². The van der Waals surface area contributed by atoms with Crippen LogP contribution in [0.5, 0.6) is 0 Å². The molecule has 2 N–H and O–H groups in total. The van der Waals surface area contributed by atoms with Crippen LogP contribution in [0.3, 0.4) is 0 Å². The van der Waals surface area contributed by atoms with Crippen LogP contribution < -0.4 is 10.6 Å². The number of ether oxygens (including phenoxy) is 1. The molecular weight excluding hydrogens is 347 g/mol. The number of primary amides is 1. The van der Waals surface area contributed by atoms with Gasteiger partial charge in [0.05, 0.1) is 11.5 Å². The van der Waals surface area contributed by atoms with Crippen LogP contribution in [0.15, 0.2) is 24.3 Å². The first-order chi connectivity index (χ1) is 11.9. The van der Waals surface area contributed by atoms with Crippen molar-refractivity contribution in [1.29, 1.82) is 0 Å². The summed E-state index contributed by atoms with van der Waals surface area (Å²) >= 11 is 1.27. The Hall–Kier alpha value is -2.52. The van der Waals surface area contributed by atoms with Crippen molar-refractivity contribution in [1.82, 2.24) is 9.88 Å². The van der Waals surface area contributed by atoms with E-state index in [2.05, 4.69) is 4.98 Å². The van der Waals surface area contributed by atoms with E-state index in [9.17, 15) is 14.0 Å². The van der Waals surface area contributed by atoms with Crippen molar-refractivity contribution in [2.45, 2.75) is 6.23 Å². The van der Waals surface area contributed by atoms with Crippen LogP contribution in [0.2, 0.25) is 0 Å². The van der Waals surface area contributed by atoms with E-state index >= 15 is 0 Å². The highest BCUT2D eigenvalue weighted by Gasteiger charge is 2.36. The number of aromatic nitrogens is 1. The van der Waals surface area contributed by atoms with Gasteiger partial charge in [-0.3, -0.25) is 9.59 Å². The van der Waals surface area contributed by atoms with Crippen LogP contribution in [-0.2, 0) is 9.53 Å². The SMILES string of the molecule is CN(C)c1nc(C(=O)N2CCOC2C(N)=O)c(-c2cccc(F)c2)s1. The molecule has 0 bridgehead atoms. The predicted octanol–water partition coefficient (Wildman–Crippen LogP) is 1.30. The van der Waals surface area contributed by atoms with Gasteiger partial charge in [-0.15, -0.1) is 0 Å². The van der Waals surface area contributed by atoms with Gasteiger partial charge in [-0.1, -0.05) is 23.5 Å². The minimum absolute atomic E-state index is 0.149. The monoisotopic (exact) mass is 364 g/mol. The molecule has 1 aliphatic rings. The van der Waals surface area contributed by atoms with E-state index in [0.717, 1.165) is 0 Å². The molecule has 1 aromatic heterocycles. The van der Waals surface area contributed by atoms with Gasteiger partial charge in [-0.2, -0.15) is 0 Å². The molecule has 1 aromatic carbocycles. The van der Waals surface area contributed by atoms with E-state index in [1.54, 1.807) is 31.1 Å². The molecule has 1 saturated heterocycles. The first-order valence-electron chi connectivity index (χ1n) is 7.54. The molecule has 3 rings (SSSR count). The Balaban J connectivity index is 2.05. The maximum atomic E-state index is 13.6. The zero-order chi connectivity index (χ0) is 18.1. The summed E-state index contributed by atoms with van der Waals surface area (Å²) in [5, 5.41) is 0.596. The summed E-state index contributed by atoms with van der Waals surface area (Å²) in [6.45, 7) is 0.461. The number of hydrogen-bond acceptors (Lipinski definition) is 6. The summed E-state index contributed by atoms with van der Waals surface area (Å²) in [4.78, 5) is 32.4. The second-order valence-electron chi connectivity index (χ2n) is 5.70. The third kappa shape index (κ3) is 3.33. The largest absolute Gasteiger partial charge is 0.366 e. The average molecular weight is 364 g/mol. The Morgan fingerprint density at radius 1 is 1.44 bits per heavy atom. The number of carbonyl (C=O) groups is 2. The van der Waals surface area contributed by atoms with Crippen molar-refractivity contribution in [3.05, 3.63) is 35.8 Å². The second-order valence-corrected chi connectivity index (χ2v) is 6.68. The van der Waals surface area contributed by atoms with Gasteiger partial charge in [-0.05, 0) is 17.7 Å². The number of nitrogens with zero attached hydrogens (tertiary/aromatic N) is 3. The first-order valence-corrected chi connectivity index (χ1v) is 8.36. The Morgan fingerprint density at radius 2 is 2.20 bits per heavy atom. The molecule has 0 aliphatic carbocycles. The Labute approximate surface area is 147 Å². The van der Waals surface area contributed by atoms with Gasteiger partial charge in [0.25, 0.3) is 11.8 Å².